The smallest absolute Gasteiger partial charge is 0.227 e. The first kappa shape index (κ1) is 8.39. The molecule has 0 aromatic carbocycles. The van der Waals surface area contributed by atoms with E-state index in [9.17, 15) is 4.79 Å². The van der Waals surface area contributed by atoms with Gasteiger partial charge in [0.2, 0.25) is 6.41 Å². The van der Waals surface area contributed by atoms with Crippen molar-refractivity contribution in [3.05, 3.63) is 30.1 Å². The molecular weight excluding hydrogens is 154 g/mol. The van der Waals surface area contributed by atoms with Crippen LogP contribution in [0.25, 0.3) is 0 Å². The molecule has 0 aliphatic rings. The van der Waals surface area contributed by atoms with Crippen LogP contribution in [0.5, 0.6) is 0 Å². The van der Waals surface area contributed by atoms with Crippen molar-refractivity contribution >= 4 is 12.1 Å². The number of carbonyl (C=O) groups is 1. The molecule has 1 aromatic heterocycles. The highest BCUT2D eigenvalue weighted by molar-refractivity contribution is 5.98. The van der Waals surface area contributed by atoms with Crippen molar-refractivity contribution in [2.24, 2.45) is 5.10 Å². The highest BCUT2D eigenvalue weighted by atomic mass is 16.1. The summed E-state index contributed by atoms with van der Waals surface area (Å²) in [5.41, 5.74) is 3.93. The van der Waals surface area contributed by atoms with Gasteiger partial charge in [0.15, 0.2) is 0 Å². The summed E-state index contributed by atoms with van der Waals surface area (Å²) in [4.78, 5) is 13.8. The molecule has 12 heavy (non-hydrogen) atoms. The molecule has 0 aliphatic heterocycles. The Labute approximate surface area is 70.3 Å². The molecule has 0 spiro atoms. The number of pyridine rings is 1. The summed E-state index contributed by atoms with van der Waals surface area (Å²) in [7, 11) is 0. The van der Waals surface area contributed by atoms with Crippen molar-refractivity contribution in [2.45, 2.75) is 6.92 Å². The lowest BCUT2D eigenvalue weighted by Gasteiger charge is -1.97. The molecule has 4 nitrogen and oxygen atoms in total. The van der Waals surface area contributed by atoms with Crippen LogP contribution in [0.15, 0.2) is 29.6 Å². The Morgan fingerprint density at radius 3 is 2.83 bits per heavy atom. The van der Waals surface area contributed by atoms with E-state index >= 15 is 0 Å². The van der Waals surface area contributed by atoms with E-state index in [0.29, 0.717) is 6.41 Å². The van der Waals surface area contributed by atoms with Gasteiger partial charge < -0.3 is 0 Å². The van der Waals surface area contributed by atoms with E-state index in [0.717, 1.165) is 11.3 Å². The third-order valence-corrected chi connectivity index (χ3v) is 1.38. The van der Waals surface area contributed by atoms with Crippen LogP contribution in [-0.4, -0.2) is 17.1 Å². The fraction of sp³-hybridized carbons (Fsp3) is 0.125. The van der Waals surface area contributed by atoms with Crippen LogP contribution >= 0.6 is 0 Å². The number of carbonyl (C=O) groups excluding carboxylic acids is 1. The maximum absolute atomic E-state index is 9.91. The van der Waals surface area contributed by atoms with Gasteiger partial charge in [0, 0.05) is 18.0 Å². The second-order valence-electron chi connectivity index (χ2n) is 2.18. The number of rotatable bonds is 3. The van der Waals surface area contributed by atoms with Crippen LogP contribution < -0.4 is 5.43 Å². The fourth-order valence-electron chi connectivity index (χ4n) is 0.781. The third kappa shape index (κ3) is 2.16. The van der Waals surface area contributed by atoms with Gasteiger partial charge in [-0.15, -0.1) is 0 Å². The van der Waals surface area contributed by atoms with Gasteiger partial charge in [0.25, 0.3) is 0 Å². The summed E-state index contributed by atoms with van der Waals surface area (Å²) in [5.74, 6) is 0. The first-order valence-electron chi connectivity index (χ1n) is 3.48. The van der Waals surface area contributed by atoms with Crippen molar-refractivity contribution in [2.75, 3.05) is 0 Å². The second-order valence-corrected chi connectivity index (χ2v) is 2.18. The van der Waals surface area contributed by atoms with E-state index < -0.39 is 0 Å². The topological polar surface area (TPSA) is 54.4 Å². The molecule has 0 fully saturated rings. The minimum atomic E-state index is 0.532. The number of amides is 1. The van der Waals surface area contributed by atoms with Gasteiger partial charge in [-0.2, -0.15) is 5.10 Å². The molecule has 62 valence electrons. The summed E-state index contributed by atoms with van der Waals surface area (Å²) in [6.45, 7) is 1.81. The largest absolute Gasteiger partial charge is 0.277 e. The summed E-state index contributed by atoms with van der Waals surface area (Å²) >= 11 is 0. The number of hydrogen-bond acceptors (Lipinski definition) is 3. The molecule has 0 atom stereocenters. The Balaban J connectivity index is 2.77. The van der Waals surface area contributed by atoms with Crippen molar-refractivity contribution < 1.29 is 4.79 Å². The minimum absolute atomic E-state index is 0.532. The zero-order valence-electron chi connectivity index (χ0n) is 6.69. The molecule has 0 radical (unpaired) electrons. The van der Waals surface area contributed by atoms with Crippen molar-refractivity contribution in [3.8, 4) is 0 Å². The van der Waals surface area contributed by atoms with Gasteiger partial charge in [-0.3, -0.25) is 9.78 Å². The number of hydrogen-bond donors (Lipinski definition) is 1. The lowest BCUT2D eigenvalue weighted by atomic mass is 10.2. The molecule has 0 unspecified atom stereocenters. The Morgan fingerprint density at radius 1 is 1.58 bits per heavy atom. The number of nitrogens with zero attached hydrogens (tertiary/aromatic N) is 2. The Morgan fingerprint density at radius 2 is 2.25 bits per heavy atom. The zero-order chi connectivity index (χ0) is 8.81. The molecule has 0 saturated heterocycles. The highest BCUT2D eigenvalue weighted by Crippen LogP contribution is 1.97. The van der Waals surface area contributed by atoms with Crippen molar-refractivity contribution in [3.63, 3.8) is 0 Å². The Kier molecular flexibility index (Phi) is 2.95. The van der Waals surface area contributed by atoms with Crippen LogP contribution in [0, 0.1) is 0 Å². The van der Waals surface area contributed by atoms with E-state index in [4.69, 9.17) is 0 Å². The molecular formula is C8H9N3O. The molecule has 0 saturated carbocycles. The maximum Gasteiger partial charge on any atom is 0.227 e. The predicted octanol–water partition coefficient (Wildman–Crippen LogP) is 0.552. The Hall–Kier alpha value is -1.71. The highest BCUT2D eigenvalue weighted by Gasteiger charge is 1.93. The van der Waals surface area contributed by atoms with Gasteiger partial charge in [-0.25, -0.2) is 5.43 Å². The van der Waals surface area contributed by atoms with Crippen LogP contribution in [0.1, 0.15) is 12.5 Å². The van der Waals surface area contributed by atoms with Gasteiger partial charge in [0.05, 0.1) is 5.71 Å². The minimum Gasteiger partial charge on any atom is -0.277 e. The van der Waals surface area contributed by atoms with Crippen molar-refractivity contribution in [1.82, 2.24) is 10.4 Å². The van der Waals surface area contributed by atoms with E-state index in [1.165, 1.54) is 0 Å². The van der Waals surface area contributed by atoms with E-state index in [1.807, 2.05) is 19.1 Å². The summed E-state index contributed by atoms with van der Waals surface area (Å²) in [6, 6.07) is 3.65. The lowest BCUT2D eigenvalue weighted by molar-refractivity contribution is -0.109. The average Bonchev–Trinajstić information content (AvgIpc) is 2.15. The first-order valence-corrected chi connectivity index (χ1v) is 3.48. The van der Waals surface area contributed by atoms with Crippen molar-refractivity contribution in [1.29, 1.82) is 0 Å². The zero-order valence-corrected chi connectivity index (χ0v) is 6.69. The fourth-order valence-corrected chi connectivity index (χ4v) is 0.781. The van der Waals surface area contributed by atoms with E-state index in [-0.39, 0.29) is 0 Å². The molecule has 1 rings (SSSR count). The monoisotopic (exact) mass is 163 g/mol. The molecule has 0 aliphatic carbocycles. The summed E-state index contributed by atoms with van der Waals surface area (Å²) < 4.78 is 0. The summed E-state index contributed by atoms with van der Waals surface area (Å²) in [5, 5.41) is 3.78. The number of nitrogens with one attached hydrogen (secondary N) is 1. The number of aromatic nitrogens is 1. The normalized spacial score (nSPS) is 10.9. The van der Waals surface area contributed by atoms with Gasteiger partial charge in [-0.05, 0) is 19.1 Å². The van der Waals surface area contributed by atoms with Gasteiger partial charge in [-0.1, -0.05) is 0 Å². The second kappa shape index (κ2) is 4.23. The standard InChI is InChI=1S/C8H9N3O/c1-7(11-10-6-12)8-2-4-9-5-3-8/h2-6H,1H3,(H,10,12)/b11-7-. The first-order chi connectivity index (χ1) is 5.84. The van der Waals surface area contributed by atoms with Gasteiger partial charge in [0.1, 0.15) is 0 Å². The maximum atomic E-state index is 9.91. The lowest BCUT2D eigenvalue weighted by Crippen LogP contribution is -2.06. The molecule has 1 N–H and O–H groups in total. The van der Waals surface area contributed by atoms with Crippen LogP contribution in [0.2, 0.25) is 0 Å². The van der Waals surface area contributed by atoms with E-state index in [1.54, 1.807) is 12.4 Å². The number of hydrazone groups is 1. The SMILES string of the molecule is C/C(=N/NC=O)c1ccncc1. The van der Waals surface area contributed by atoms with E-state index in [2.05, 4.69) is 15.5 Å². The summed E-state index contributed by atoms with van der Waals surface area (Å²) in [6.07, 6.45) is 3.88. The van der Waals surface area contributed by atoms with Crippen LogP contribution in [-0.2, 0) is 4.79 Å². The van der Waals surface area contributed by atoms with Crippen LogP contribution in [0.3, 0.4) is 0 Å². The van der Waals surface area contributed by atoms with Gasteiger partial charge >= 0.3 is 0 Å². The molecule has 1 heterocycles. The third-order valence-electron chi connectivity index (χ3n) is 1.38. The quantitative estimate of drug-likeness (QED) is 0.402. The molecule has 4 heteroatoms. The molecule has 0 bridgehead atoms. The molecule has 1 aromatic rings. The molecule has 1 amide bonds. The average molecular weight is 163 g/mol. The Bertz CT molecular complexity index is 282. The van der Waals surface area contributed by atoms with Crippen LogP contribution in [0.4, 0.5) is 0 Å². The predicted molar refractivity (Wildman–Crippen MR) is 45.6 cm³/mol.